The lowest BCUT2D eigenvalue weighted by atomic mass is 10.1. The summed E-state index contributed by atoms with van der Waals surface area (Å²) in [6, 6.07) is 12.6. The zero-order chi connectivity index (χ0) is 24.9. The fourth-order valence-electron chi connectivity index (χ4n) is 3.08. The molecule has 0 aromatic heterocycles. The molecule has 0 unspecified atom stereocenters. The van der Waals surface area contributed by atoms with E-state index in [4.69, 9.17) is 32.7 Å². The van der Waals surface area contributed by atoms with Crippen LogP contribution < -0.4 is 19.5 Å². The Bertz CT molecular complexity index is 1320. The number of carbonyl (C=O) groups excluding carboxylic acids is 1. The third-order valence-corrected chi connectivity index (χ3v) is 6.85. The van der Waals surface area contributed by atoms with Crippen molar-refractivity contribution in [1.82, 2.24) is 4.72 Å². The number of nitrogens with one attached hydrogen (secondary N) is 2. The molecule has 3 aromatic carbocycles. The van der Waals surface area contributed by atoms with Gasteiger partial charge >= 0.3 is 0 Å². The van der Waals surface area contributed by atoms with Gasteiger partial charge in [0.25, 0.3) is 5.91 Å². The molecule has 11 heteroatoms. The van der Waals surface area contributed by atoms with Crippen LogP contribution in [-0.4, -0.2) is 35.1 Å². The van der Waals surface area contributed by atoms with Crippen molar-refractivity contribution >= 4 is 44.8 Å². The Morgan fingerprint density at radius 2 is 1.71 bits per heavy atom. The maximum atomic E-state index is 14.3. The van der Waals surface area contributed by atoms with Gasteiger partial charge in [0, 0.05) is 11.6 Å². The van der Waals surface area contributed by atoms with E-state index in [-0.39, 0.29) is 22.2 Å². The summed E-state index contributed by atoms with van der Waals surface area (Å²) in [4.78, 5) is 12.3. The van der Waals surface area contributed by atoms with Crippen LogP contribution in [0, 0.1) is 5.82 Å². The first-order chi connectivity index (χ1) is 16.1. The Balaban J connectivity index is 1.73. The second-order valence-electron chi connectivity index (χ2n) is 7.06. The fourth-order valence-corrected chi connectivity index (χ4v) is 4.47. The molecule has 180 valence electrons. The summed E-state index contributed by atoms with van der Waals surface area (Å²) in [5.41, 5.74) is 0.525. The van der Waals surface area contributed by atoms with Crippen LogP contribution in [0.4, 0.5) is 10.1 Å². The number of amides is 1. The van der Waals surface area contributed by atoms with Crippen molar-refractivity contribution in [2.75, 3.05) is 26.1 Å². The monoisotopic (exact) mass is 526 g/mol. The van der Waals surface area contributed by atoms with E-state index in [0.29, 0.717) is 22.9 Å². The molecule has 3 aromatic rings. The minimum Gasteiger partial charge on any atom is -0.493 e. The SMILES string of the molecule is COc1ccc(CCNS(=O)(=O)c2ccc(F)c(C(=O)Nc3cc(Cl)ccc3Cl)c2)cc1OC. The lowest BCUT2D eigenvalue weighted by Crippen LogP contribution is -2.26. The molecule has 2 N–H and O–H groups in total. The lowest BCUT2D eigenvalue weighted by molar-refractivity contribution is 0.102. The molecular formula is C23H21Cl2FN2O5S. The molecule has 0 fully saturated rings. The third-order valence-electron chi connectivity index (χ3n) is 4.82. The molecule has 34 heavy (non-hydrogen) atoms. The van der Waals surface area contributed by atoms with Crippen molar-refractivity contribution in [2.45, 2.75) is 11.3 Å². The third kappa shape index (κ3) is 6.18. The molecule has 0 heterocycles. The minimum absolute atomic E-state index is 0.0643. The smallest absolute Gasteiger partial charge is 0.258 e. The topological polar surface area (TPSA) is 93.7 Å². The minimum atomic E-state index is -4.02. The molecule has 0 aliphatic heterocycles. The number of benzene rings is 3. The van der Waals surface area contributed by atoms with Gasteiger partial charge in [-0.1, -0.05) is 29.3 Å². The van der Waals surface area contributed by atoms with Crippen molar-refractivity contribution in [3.63, 3.8) is 0 Å². The summed E-state index contributed by atoms with van der Waals surface area (Å²) < 4.78 is 52.7. The van der Waals surface area contributed by atoms with Gasteiger partial charge in [-0.05, 0) is 60.5 Å². The molecule has 0 atom stereocenters. The zero-order valence-corrected chi connectivity index (χ0v) is 20.5. The van der Waals surface area contributed by atoms with Crippen LogP contribution in [0.15, 0.2) is 59.5 Å². The molecule has 0 radical (unpaired) electrons. The highest BCUT2D eigenvalue weighted by Crippen LogP contribution is 2.28. The summed E-state index contributed by atoms with van der Waals surface area (Å²) >= 11 is 11.9. The van der Waals surface area contributed by atoms with Crippen molar-refractivity contribution < 1.29 is 27.1 Å². The van der Waals surface area contributed by atoms with Crippen molar-refractivity contribution in [2.24, 2.45) is 0 Å². The average Bonchev–Trinajstić information content (AvgIpc) is 2.81. The molecule has 3 rings (SSSR count). The van der Waals surface area contributed by atoms with Crippen LogP contribution in [0.5, 0.6) is 11.5 Å². The molecule has 0 aliphatic rings. The summed E-state index contributed by atoms with van der Waals surface area (Å²) in [6.07, 6.45) is 0.362. The number of hydrogen-bond acceptors (Lipinski definition) is 5. The number of ether oxygens (including phenoxy) is 2. The van der Waals surface area contributed by atoms with Gasteiger partial charge < -0.3 is 14.8 Å². The number of rotatable bonds is 9. The first-order valence-electron chi connectivity index (χ1n) is 9.91. The first kappa shape index (κ1) is 25.8. The standard InChI is InChI=1S/C23H21Cl2FN2O5S/c1-32-21-8-3-14(11-22(21)33-2)9-10-27-34(30,31)16-5-7-19(26)17(13-16)23(29)28-20-12-15(24)4-6-18(20)25/h3-8,11-13,27H,9-10H2,1-2H3,(H,28,29). The number of carbonyl (C=O) groups is 1. The highest BCUT2D eigenvalue weighted by Gasteiger charge is 2.20. The highest BCUT2D eigenvalue weighted by atomic mass is 35.5. The second-order valence-corrected chi connectivity index (χ2v) is 9.67. The van der Waals surface area contributed by atoms with Gasteiger partial charge in [-0.25, -0.2) is 17.5 Å². The first-order valence-corrected chi connectivity index (χ1v) is 12.1. The van der Waals surface area contributed by atoms with Gasteiger partial charge in [-0.3, -0.25) is 4.79 Å². The average molecular weight is 527 g/mol. The van der Waals surface area contributed by atoms with Gasteiger partial charge in [0.05, 0.1) is 35.4 Å². The van der Waals surface area contributed by atoms with Gasteiger partial charge in [-0.15, -0.1) is 0 Å². The summed E-state index contributed by atoms with van der Waals surface area (Å²) in [7, 11) is -0.992. The Hall–Kier alpha value is -2.85. The van der Waals surface area contributed by atoms with E-state index in [2.05, 4.69) is 10.0 Å². The summed E-state index contributed by atoms with van der Waals surface area (Å²) in [5, 5.41) is 2.95. The molecule has 7 nitrogen and oxygen atoms in total. The van der Waals surface area contributed by atoms with Crippen LogP contribution in [0.25, 0.3) is 0 Å². The van der Waals surface area contributed by atoms with E-state index in [1.54, 1.807) is 18.2 Å². The predicted molar refractivity (Wildman–Crippen MR) is 129 cm³/mol. The maximum absolute atomic E-state index is 14.3. The van der Waals surface area contributed by atoms with Crippen LogP contribution in [0.1, 0.15) is 15.9 Å². The molecule has 0 saturated heterocycles. The van der Waals surface area contributed by atoms with E-state index in [9.17, 15) is 17.6 Å². The largest absolute Gasteiger partial charge is 0.493 e. The molecule has 0 bridgehead atoms. The molecule has 0 aliphatic carbocycles. The van der Waals surface area contributed by atoms with Crippen LogP contribution >= 0.6 is 23.2 Å². The van der Waals surface area contributed by atoms with E-state index in [1.165, 1.54) is 32.4 Å². The second kappa shape index (κ2) is 11.1. The molecule has 0 saturated carbocycles. The van der Waals surface area contributed by atoms with E-state index >= 15 is 0 Å². The van der Waals surface area contributed by atoms with Crippen LogP contribution in [-0.2, 0) is 16.4 Å². The quantitative estimate of drug-likeness (QED) is 0.412. The highest BCUT2D eigenvalue weighted by molar-refractivity contribution is 7.89. The maximum Gasteiger partial charge on any atom is 0.258 e. The molecular weight excluding hydrogens is 506 g/mol. The number of hydrogen-bond donors (Lipinski definition) is 2. The summed E-state index contributed by atoms with van der Waals surface area (Å²) in [5.74, 6) is -0.677. The van der Waals surface area contributed by atoms with Gasteiger partial charge in [0.1, 0.15) is 5.82 Å². The Kier molecular flexibility index (Phi) is 8.37. The Labute approximate surface area is 206 Å². The molecule has 0 spiro atoms. The summed E-state index contributed by atoms with van der Waals surface area (Å²) in [6.45, 7) is 0.0643. The number of sulfonamides is 1. The van der Waals surface area contributed by atoms with Crippen molar-refractivity contribution in [3.05, 3.63) is 81.6 Å². The van der Waals surface area contributed by atoms with Crippen molar-refractivity contribution in [3.8, 4) is 11.5 Å². The van der Waals surface area contributed by atoms with Crippen LogP contribution in [0.3, 0.4) is 0 Å². The van der Waals surface area contributed by atoms with Gasteiger partial charge in [0.15, 0.2) is 11.5 Å². The van der Waals surface area contributed by atoms with Gasteiger partial charge in [-0.2, -0.15) is 0 Å². The fraction of sp³-hybridized carbons (Fsp3) is 0.174. The van der Waals surface area contributed by atoms with Gasteiger partial charge in [0.2, 0.25) is 10.0 Å². The van der Waals surface area contributed by atoms with Crippen molar-refractivity contribution in [1.29, 1.82) is 0 Å². The normalized spacial score (nSPS) is 11.2. The predicted octanol–water partition coefficient (Wildman–Crippen LogP) is 4.92. The lowest BCUT2D eigenvalue weighted by Gasteiger charge is -2.12. The molecule has 1 amide bonds. The Morgan fingerprint density at radius 1 is 0.971 bits per heavy atom. The Morgan fingerprint density at radius 3 is 2.41 bits per heavy atom. The van der Waals surface area contributed by atoms with Crippen LogP contribution in [0.2, 0.25) is 10.0 Å². The zero-order valence-electron chi connectivity index (χ0n) is 18.2. The number of halogens is 3. The van der Waals surface area contributed by atoms with E-state index < -0.39 is 27.3 Å². The van der Waals surface area contributed by atoms with E-state index in [1.807, 2.05) is 0 Å². The number of methoxy groups -OCH3 is 2. The number of anilines is 1. The van der Waals surface area contributed by atoms with E-state index in [0.717, 1.165) is 23.8 Å².